The van der Waals surface area contributed by atoms with Gasteiger partial charge in [0.2, 0.25) is 0 Å². The second-order valence-electron chi connectivity index (χ2n) is 6.78. The average Bonchev–Trinajstić information content (AvgIpc) is 3.17. The number of Topliss-reactive ketones (excluding diaryl/α,β-unsaturated/α-hetero) is 1. The highest BCUT2D eigenvalue weighted by molar-refractivity contribution is 5.99. The van der Waals surface area contributed by atoms with Crippen LogP contribution >= 0.6 is 0 Å². The zero-order valence-corrected chi connectivity index (χ0v) is 16.2. The molecule has 9 heteroatoms. The number of nitrogens with zero attached hydrogens (tertiary/aromatic N) is 3. The molecule has 30 heavy (non-hydrogen) atoms. The Morgan fingerprint density at radius 3 is 2.53 bits per heavy atom. The zero-order valence-electron chi connectivity index (χ0n) is 16.2. The van der Waals surface area contributed by atoms with Gasteiger partial charge in [0.1, 0.15) is 5.56 Å². The van der Waals surface area contributed by atoms with Gasteiger partial charge in [0.05, 0.1) is 17.5 Å². The van der Waals surface area contributed by atoms with Crippen LogP contribution in [0.2, 0.25) is 0 Å². The van der Waals surface area contributed by atoms with Crippen molar-refractivity contribution in [2.75, 3.05) is 6.61 Å². The molecule has 156 valence electrons. The molecule has 3 rings (SSSR count). The molecule has 6 nitrogen and oxygen atoms in total. The molecule has 0 N–H and O–H groups in total. The summed E-state index contributed by atoms with van der Waals surface area (Å²) in [6.45, 7) is 3.04. The minimum absolute atomic E-state index is 0.115. The molecule has 0 spiro atoms. The maximum absolute atomic E-state index is 12.8. The van der Waals surface area contributed by atoms with Crippen LogP contribution < -0.4 is 0 Å². The van der Waals surface area contributed by atoms with Crippen LogP contribution in [0.3, 0.4) is 0 Å². The summed E-state index contributed by atoms with van der Waals surface area (Å²) < 4.78 is 45.0. The normalized spacial score (nSPS) is 11.5. The van der Waals surface area contributed by atoms with E-state index in [1.165, 1.54) is 16.9 Å². The first-order chi connectivity index (χ1) is 14.2. The number of halogens is 3. The third kappa shape index (κ3) is 4.56. The molecule has 0 unspecified atom stereocenters. The maximum Gasteiger partial charge on any atom is 0.416 e. The van der Waals surface area contributed by atoms with E-state index in [0.29, 0.717) is 11.5 Å². The Morgan fingerprint density at radius 1 is 1.13 bits per heavy atom. The molecular weight excluding hydrogens is 399 g/mol. The van der Waals surface area contributed by atoms with Gasteiger partial charge >= 0.3 is 12.1 Å². The maximum atomic E-state index is 12.8. The van der Waals surface area contributed by atoms with Crippen molar-refractivity contribution in [3.63, 3.8) is 0 Å². The Kier molecular flexibility index (Phi) is 6.00. The molecular formula is C21H18F3N3O3. The summed E-state index contributed by atoms with van der Waals surface area (Å²) in [6, 6.07) is 9.22. The second-order valence-corrected chi connectivity index (χ2v) is 6.78. The zero-order chi connectivity index (χ0) is 21.9. The quantitative estimate of drug-likeness (QED) is 0.438. The predicted molar refractivity (Wildman–Crippen MR) is 102 cm³/mol. The molecule has 0 radical (unpaired) electrons. The Hall–Kier alpha value is -3.49. The van der Waals surface area contributed by atoms with Crippen molar-refractivity contribution in [1.29, 1.82) is 0 Å². The highest BCUT2D eigenvalue weighted by Gasteiger charge is 2.31. The van der Waals surface area contributed by atoms with Gasteiger partial charge in [-0.2, -0.15) is 18.3 Å². The number of rotatable bonds is 6. The van der Waals surface area contributed by atoms with Crippen molar-refractivity contribution in [2.24, 2.45) is 0 Å². The van der Waals surface area contributed by atoms with Gasteiger partial charge in [-0.3, -0.25) is 4.79 Å². The van der Waals surface area contributed by atoms with Gasteiger partial charge < -0.3 is 4.74 Å². The Bertz CT molecular complexity index is 1060. The van der Waals surface area contributed by atoms with Crippen LogP contribution in [0.15, 0.2) is 54.9 Å². The van der Waals surface area contributed by atoms with E-state index in [0.717, 1.165) is 18.2 Å². The number of benzene rings is 1. The molecule has 2 aromatic heterocycles. The molecule has 0 aliphatic carbocycles. The van der Waals surface area contributed by atoms with Gasteiger partial charge in [0.25, 0.3) is 0 Å². The van der Waals surface area contributed by atoms with Crippen molar-refractivity contribution in [2.45, 2.75) is 25.9 Å². The third-order valence-corrected chi connectivity index (χ3v) is 4.29. The number of hydrogen-bond acceptors (Lipinski definition) is 5. The molecule has 0 amide bonds. The number of alkyl halides is 3. The predicted octanol–water partition coefficient (Wildman–Crippen LogP) is 4.45. The fourth-order valence-electron chi connectivity index (χ4n) is 2.89. The van der Waals surface area contributed by atoms with Crippen molar-refractivity contribution in [1.82, 2.24) is 14.8 Å². The lowest BCUT2D eigenvalue weighted by Crippen LogP contribution is -2.17. The minimum Gasteiger partial charge on any atom is -0.454 e. The average molecular weight is 417 g/mol. The highest BCUT2D eigenvalue weighted by Crippen LogP contribution is 2.29. The van der Waals surface area contributed by atoms with Gasteiger partial charge in [-0.05, 0) is 30.2 Å². The van der Waals surface area contributed by atoms with E-state index in [9.17, 15) is 22.8 Å². The minimum atomic E-state index is -4.57. The van der Waals surface area contributed by atoms with Crippen molar-refractivity contribution in [3.05, 3.63) is 77.2 Å². The topological polar surface area (TPSA) is 74.1 Å². The first-order valence-corrected chi connectivity index (χ1v) is 9.05. The smallest absolute Gasteiger partial charge is 0.416 e. The van der Waals surface area contributed by atoms with E-state index in [2.05, 4.69) is 10.1 Å². The molecule has 0 aliphatic rings. The largest absolute Gasteiger partial charge is 0.454 e. The summed E-state index contributed by atoms with van der Waals surface area (Å²) in [7, 11) is 0. The summed E-state index contributed by atoms with van der Waals surface area (Å²) in [5.41, 5.74) is -0.429. The first kappa shape index (κ1) is 21.2. The highest BCUT2D eigenvalue weighted by atomic mass is 19.4. The van der Waals surface area contributed by atoms with Crippen LogP contribution in [0.5, 0.6) is 0 Å². The van der Waals surface area contributed by atoms with E-state index in [-0.39, 0.29) is 17.0 Å². The molecule has 0 aliphatic heterocycles. The van der Waals surface area contributed by atoms with E-state index in [4.69, 9.17) is 4.74 Å². The summed E-state index contributed by atoms with van der Waals surface area (Å²) in [6.07, 6.45) is -1.66. The molecule has 1 aromatic carbocycles. The number of ketones is 1. The van der Waals surface area contributed by atoms with Gasteiger partial charge in [0.15, 0.2) is 18.2 Å². The van der Waals surface area contributed by atoms with Gasteiger partial charge in [-0.25, -0.2) is 14.5 Å². The lowest BCUT2D eigenvalue weighted by molar-refractivity contribution is -0.137. The third-order valence-electron chi connectivity index (χ3n) is 4.29. The van der Waals surface area contributed by atoms with Crippen molar-refractivity contribution >= 4 is 11.8 Å². The summed E-state index contributed by atoms with van der Waals surface area (Å²) in [5, 5.41) is 4.20. The van der Waals surface area contributed by atoms with E-state index >= 15 is 0 Å². The molecule has 0 saturated carbocycles. The number of esters is 1. The van der Waals surface area contributed by atoms with E-state index in [1.807, 2.05) is 13.8 Å². The fourth-order valence-corrected chi connectivity index (χ4v) is 2.89. The molecule has 3 aromatic rings. The van der Waals surface area contributed by atoms with Gasteiger partial charge in [0, 0.05) is 11.8 Å². The molecule has 2 heterocycles. The Labute approximate surface area is 170 Å². The Morgan fingerprint density at radius 2 is 1.90 bits per heavy atom. The Balaban J connectivity index is 1.77. The standard InChI is InChI=1S/C21H18F3N3O3/c1-13(2)19-16(11-26-27(19)18-8-3-4-9-25-18)20(29)30-12-17(28)14-6-5-7-15(10-14)21(22,23)24/h3-11,13H,12H2,1-2H3. The number of hydrogen-bond donors (Lipinski definition) is 0. The van der Waals surface area contributed by atoms with Crippen LogP contribution in [0.1, 0.15) is 51.7 Å². The van der Waals surface area contributed by atoms with Crippen LogP contribution in [0.4, 0.5) is 13.2 Å². The molecule has 0 fully saturated rings. The van der Waals surface area contributed by atoms with Crippen LogP contribution in [-0.4, -0.2) is 33.1 Å². The van der Waals surface area contributed by atoms with Gasteiger partial charge in [-0.1, -0.05) is 32.0 Å². The summed E-state index contributed by atoms with van der Waals surface area (Å²) >= 11 is 0. The number of pyridine rings is 1. The summed E-state index contributed by atoms with van der Waals surface area (Å²) in [5.74, 6) is -1.13. The number of aromatic nitrogens is 3. The number of carbonyl (C=O) groups excluding carboxylic acids is 2. The lowest BCUT2D eigenvalue weighted by Gasteiger charge is -2.12. The second kappa shape index (κ2) is 8.48. The molecule has 0 saturated heterocycles. The van der Waals surface area contributed by atoms with Crippen molar-refractivity contribution < 1.29 is 27.5 Å². The SMILES string of the molecule is CC(C)c1c(C(=O)OCC(=O)c2cccc(C(F)(F)F)c2)cnn1-c1ccccn1. The van der Waals surface area contributed by atoms with Crippen molar-refractivity contribution in [3.8, 4) is 5.82 Å². The van der Waals surface area contributed by atoms with E-state index < -0.39 is 30.1 Å². The van der Waals surface area contributed by atoms with Crippen LogP contribution in [0.25, 0.3) is 5.82 Å². The van der Waals surface area contributed by atoms with Crippen LogP contribution in [-0.2, 0) is 10.9 Å². The lowest BCUT2D eigenvalue weighted by atomic mass is 10.1. The fraction of sp³-hybridized carbons (Fsp3) is 0.238. The summed E-state index contributed by atoms with van der Waals surface area (Å²) in [4.78, 5) is 29.0. The number of ether oxygens (including phenoxy) is 1. The first-order valence-electron chi connectivity index (χ1n) is 9.05. The molecule has 0 atom stereocenters. The van der Waals surface area contributed by atoms with Gasteiger partial charge in [-0.15, -0.1) is 0 Å². The monoisotopic (exact) mass is 417 g/mol. The van der Waals surface area contributed by atoms with E-state index in [1.54, 1.807) is 24.4 Å². The van der Waals surface area contributed by atoms with Crippen LogP contribution in [0, 0.1) is 0 Å². The molecule has 0 bridgehead atoms. The number of carbonyl (C=O) groups is 2.